The van der Waals surface area contributed by atoms with E-state index in [1.165, 1.54) is 0 Å². The smallest absolute Gasteiger partial charge is 0.0762 e. The molecule has 23 heavy (non-hydrogen) atoms. The van der Waals surface area contributed by atoms with Crippen LogP contribution in [0.1, 0.15) is 25.3 Å². The minimum Gasteiger partial charge on any atom is -0.260 e. The number of alkyl halides is 1. The first-order valence-electron chi connectivity index (χ1n) is 7.91. The molecule has 0 bridgehead atoms. The van der Waals surface area contributed by atoms with E-state index in [2.05, 4.69) is 47.2 Å². The molecule has 1 aromatic heterocycles. The van der Waals surface area contributed by atoms with E-state index in [-0.39, 0.29) is 4.87 Å². The Morgan fingerprint density at radius 1 is 1.13 bits per heavy atom. The first kappa shape index (κ1) is 14.4. The summed E-state index contributed by atoms with van der Waals surface area (Å²) in [7, 11) is 0. The van der Waals surface area contributed by atoms with Gasteiger partial charge in [-0.15, -0.1) is 11.6 Å². The molecule has 0 spiro atoms. The summed E-state index contributed by atoms with van der Waals surface area (Å²) < 4.78 is 0. The molecule has 2 aromatic carbocycles. The number of fused-ring (bicyclic) bond motifs is 2. The van der Waals surface area contributed by atoms with Crippen LogP contribution in [-0.4, -0.2) is 11.2 Å². The Morgan fingerprint density at radius 3 is 2.87 bits per heavy atom. The van der Waals surface area contributed by atoms with Crippen LogP contribution in [0.4, 0.5) is 5.69 Å². The predicted octanol–water partition coefficient (Wildman–Crippen LogP) is 5.85. The highest BCUT2D eigenvalue weighted by atomic mass is 35.5. The number of nitrogens with zero attached hydrogens (tertiary/aromatic N) is 2. The zero-order valence-electron chi connectivity index (χ0n) is 13.0. The third-order valence-electron chi connectivity index (χ3n) is 4.62. The van der Waals surface area contributed by atoms with Gasteiger partial charge in [0.25, 0.3) is 0 Å². The van der Waals surface area contributed by atoms with Crippen LogP contribution in [0.2, 0.25) is 0 Å². The van der Waals surface area contributed by atoms with Crippen LogP contribution < -0.4 is 0 Å². The number of aliphatic imine (C=N–C) groups is 1. The maximum absolute atomic E-state index is 6.84. The lowest BCUT2D eigenvalue weighted by Gasteiger charge is -2.30. The molecule has 0 amide bonds. The summed E-state index contributed by atoms with van der Waals surface area (Å²) in [5.74, 6) is 0. The number of hydrogen-bond acceptors (Lipinski definition) is 2. The van der Waals surface area contributed by atoms with Crippen molar-refractivity contribution in [3.63, 3.8) is 0 Å². The predicted molar refractivity (Wildman–Crippen MR) is 97.8 cm³/mol. The van der Waals surface area contributed by atoms with Crippen molar-refractivity contribution in [3.05, 3.63) is 60.3 Å². The second-order valence-corrected chi connectivity index (χ2v) is 6.68. The number of aromatic nitrogens is 1. The fourth-order valence-corrected chi connectivity index (χ4v) is 3.44. The van der Waals surface area contributed by atoms with Crippen LogP contribution in [-0.2, 0) is 4.87 Å². The highest BCUT2D eigenvalue weighted by Crippen LogP contribution is 2.47. The van der Waals surface area contributed by atoms with E-state index in [1.807, 2.05) is 30.6 Å². The van der Waals surface area contributed by atoms with Crippen LogP contribution in [0, 0.1) is 0 Å². The number of para-hydroxylation sites is 2. The molecule has 1 aliphatic heterocycles. The lowest BCUT2D eigenvalue weighted by molar-refractivity contribution is 0.610. The van der Waals surface area contributed by atoms with Crippen molar-refractivity contribution in [2.24, 2.45) is 4.99 Å². The van der Waals surface area contributed by atoms with Gasteiger partial charge in [0.2, 0.25) is 0 Å². The molecular formula is C20H17ClN2. The second kappa shape index (κ2) is 5.47. The number of rotatable bonds is 2. The van der Waals surface area contributed by atoms with Gasteiger partial charge in [-0.3, -0.25) is 9.98 Å². The van der Waals surface area contributed by atoms with Gasteiger partial charge in [-0.05, 0) is 24.1 Å². The van der Waals surface area contributed by atoms with E-state index in [4.69, 9.17) is 11.6 Å². The summed E-state index contributed by atoms with van der Waals surface area (Å²) in [5, 5.41) is 1.13. The van der Waals surface area contributed by atoms with Gasteiger partial charge in [-0.2, -0.15) is 0 Å². The molecule has 0 saturated carbocycles. The SMILES string of the molecule is CCC1(Cl)CC=Nc2c(-c3cnc4ccccc4c3)cccc21. The zero-order chi connectivity index (χ0) is 15.9. The molecule has 114 valence electrons. The topological polar surface area (TPSA) is 25.2 Å². The molecule has 0 radical (unpaired) electrons. The van der Waals surface area contributed by atoms with Gasteiger partial charge in [-0.1, -0.05) is 43.3 Å². The van der Waals surface area contributed by atoms with Crippen molar-refractivity contribution in [1.29, 1.82) is 0 Å². The molecule has 1 aliphatic rings. The van der Waals surface area contributed by atoms with E-state index in [0.717, 1.165) is 46.1 Å². The Balaban J connectivity index is 1.93. The molecule has 1 unspecified atom stereocenters. The number of pyridine rings is 1. The second-order valence-electron chi connectivity index (χ2n) is 5.95. The average molecular weight is 321 g/mol. The summed E-state index contributed by atoms with van der Waals surface area (Å²) in [4.78, 5) is 8.88. The Bertz CT molecular complexity index is 916. The Morgan fingerprint density at radius 2 is 2.00 bits per heavy atom. The third-order valence-corrected chi connectivity index (χ3v) is 5.24. The lowest BCUT2D eigenvalue weighted by Crippen LogP contribution is -2.21. The Kier molecular flexibility index (Phi) is 3.42. The maximum Gasteiger partial charge on any atom is 0.0762 e. The molecule has 0 saturated heterocycles. The minimum atomic E-state index is -0.350. The molecule has 0 N–H and O–H groups in total. The van der Waals surface area contributed by atoms with Gasteiger partial charge in [0, 0.05) is 35.3 Å². The zero-order valence-corrected chi connectivity index (χ0v) is 13.7. The molecule has 0 fully saturated rings. The Hall–Kier alpha value is -2.19. The van der Waals surface area contributed by atoms with Gasteiger partial charge in [0.1, 0.15) is 0 Å². The number of hydrogen-bond donors (Lipinski definition) is 0. The molecular weight excluding hydrogens is 304 g/mol. The van der Waals surface area contributed by atoms with E-state index < -0.39 is 0 Å². The van der Waals surface area contributed by atoms with Gasteiger partial charge >= 0.3 is 0 Å². The van der Waals surface area contributed by atoms with Gasteiger partial charge in [-0.25, -0.2) is 0 Å². The molecule has 2 nitrogen and oxygen atoms in total. The Labute approximate surface area is 140 Å². The van der Waals surface area contributed by atoms with Crippen molar-refractivity contribution in [2.45, 2.75) is 24.6 Å². The normalized spacial score (nSPS) is 19.7. The van der Waals surface area contributed by atoms with Gasteiger partial charge < -0.3 is 0 Å². The first-order valence-corrected chi connectivity index (χ1v) is 8.29. The number of halogens is 1. The summed E-state index contributed by atoms with van der Waals surface area (Å²) in [6.07, 6.45) is 5.52. The molecule has 3 aromatic rings. The van der Waals surface area contributed by atoms with Crippen LogP contribution in [0.15, 0.2) is 59.7 Å². The minimum absolute atomic E-state index is 0.350. The summed E-state index contributed by atoms with van der Waals surface area (Å²) in [6, 6.07) is 16.6. The van der Waals surface area contributed by atoms with Crippen LogP contribution in [0.25, 0.3) is 22.0 Å². The molecule has 2 heterocycles. The van der Waals surface area contributed by atoms with Crippen molar-refractivity contribution in [1.82, 2.24) is 4.98 Å². The van der Waals surface area contributed by atoms with Crippen molar-refractivity contribution in [2.75, 3.05) is 0 Å². The lowest BCUT2D eigenvalue weighted by atomic mass is 9.86. The fraction of sp³-hybridized carbons (Fsp3) is 0.200. The third kappa shape index (κ3) is 2.34. The van der Waals surface area contributed by atoms with Crippen molar-refractivity contribution >= 4 is 34.4 Å². The summed E-state index contributed by atoms with van der Waals surface area (Å²) in [6.45, 7) is 2.13. The fourth-order valence-electron chi connectivity index (χ4n) is 3.22. The molecule has 3 heteroatoms. The summed E-state index contributed by atoms with van der Waals surface area (Å²) >= 11 is 6.84. The quantitative estimate of drug-likeness (QED) is 0.543. The van der Waals surface area contributed by atoms with Gasteiger partial charge in [0.15, 0.2) is 0 Å². The standard InChI is InChI=1S/C20H17ClN2/c1-2-20(21)10-11-22-19-16(7-5-8-17(19)20)15-12-14-6-3-4-9-18(14)23-13-15/h3-9,11-13H,2,10H2,1H3. The van der Waals surface area contributed by atoms with Crippen LogP contribution in [0.5, 0.6) is 0 Å². The van der Waals surface area contributed by atoms with E-state index in [1.54, 1.807) is 0 Å². The molecule has 0 aliphatic carbocycles. The first-order chi connectivity index (χ1) is 11.2. The average Bonchev–Trinajstić information content (AvgIpc) is 2.61. The molecule has 4 rings (SSSR count). The van der Waals surface area contributed by atoms with Gasteiger partial charge in [0.05, 0.1) is 16.1 Å². The van der Waals surface area contributed by atoms with Crippen LogP contribution >= 0.6 is 11.6 Å². The van der Waals surface area contributed by atoms with Crippen molar-refractivity contribution < 1.29 is 0 Å². The number of benzene rings is 2. The van der Waals surface area contributed by atoms with E-state index in [0.29, 0.717) is 0 Å². The van der Waals surface area contributed by atoms with Crippen molar-refractivity contribution in [3.8, 4) is 11.1 Å². The summed E-state index contributed by atoms with van der Waals surface area (Å²) in [5.41, 5.74) is 5.28. The monoisotopic (exact) mass is 320 g/mol. The van der Waals surface area contributed by atoms with Crippen LogP contribution in [0.3, 0.4) is 0 Å². The largest absolute Gasteiger partial charge is 0.260 e. The maximum atomic E-state index is 6.84. The highest BCUT2D eigenvalue weighted by molar-refractivity contribution is 6.25. The van der Waals surface area contributed by atoms with E-state index in [9.17, 15) is 0 Å². The van der Waals surface area contributed by atoms with E-state index >= 15 is 0 Å². The molecule has 1 atom stereocenters. The highest BCUT2D eigenvalue weighted by Gasteiger charge is 2.32.